The zero-order chi connectivity index (χ0) is 14.7. The van der Waals surface area contributed by atoms with Crippen molar-refractivity contribution in [3.63, 3.8) is 0 Å². The summed E-state index contributed by atoms with van der Waals surface area (Å²) in [4.78, 5) is 1.10. The summed E-state index contributed by atoms with van der Waals surface area (Å²) in [5, 5.41) is 14.6. The van der Waals surface area contributed by atoms with Crippen molar-refractivity contribution in [2.45, 2.75) is 4.90 Å². The van der Waals surface area contributed by atoms with Crippen molar-refractivity contribution in [2.75, 3.05) is 6.26 Å². The summed E-state index contributed by atoms with van der Waals surface area (Å²) >= 11 is 1.65. The molecule has 0 radical (unpaired) electrons. The fourth-order valence-corrected chi connectivity index (χ4v) is 2.94. The Morgan fingerprint density at radius 1 is 0.905 bits per heavy atom. The Morgan fingerprint density at radius 2 is 1.62 bits per heavy atom. The van der Waals surface area contributed by atoms with Crippen molar-refractivity contribution >= 4 is 34.4 Å². The monoisotopic (exact) mass is 293 g/mol. The standard InChI is InChI=1S/C18H15NOS/c1-21-18-12-11-14-7-5-6-10-16(14)17(18)13-19(20)15-8-3-2-4-9-15/h2-13H,1H3/b19-13+. The number of hydrogen-bond acceptors (Lipinski definition) is 2. The van der Waals surface area contributed by atoms with Gasteiger partial charge in [0.05, 0.1) is 5.56 Å². The topological polar surface area (TPSA) is 26.1 Å². The van der Waals surface area contributed by atoms with Gasteiger partial charge in [0.25, 0.3) is 0 Å². The summed E-state index contributed by atoms with van der Waals surface area (Å²) in [5.74, 6) is 0. The number of rotatable bonds is 3. The maximum Gasteiger partial charge on any atom is 0.216 e. The Morgan fingerprint density at radius 3 is 2.38 bits per heavy atom. The highest BCUT2D eigenvalue weighted by molar-refractivity contribution is 7.98. The van der Waals surface area contributed by atoms with Gasteiger partial charge in [0.1, 0.15) is 0 Å². The maximum atomic E-state index is 12.4. The van der Waals surface area contributed by atoms with Crippen LogP contribution in [0.5, 0.6) is 0 Å². The Labute approximate surface area is 128 Å². The summed E-state index contributed by atoms with van der Waals surface area (Å²) in [6.07, 6.45) is 3.70. The third kappa shape index (κ3) is 2.78. The molecule has 0 aliphatic carbocycles. The van der Waals surface area contributed by atoms with Crippen molar-refractivity contribution in [3.05, 3.63) is 77.5 Å². The van der Waals surface area contributed by atoms with Crippen LogP contribution < -0.4 is 0 Å². The van der Waals surface area contributed by atoms with Gasteiger partial charge in [-0.15, -0.1) is 11.8 Å². The smallest absolute Gasteiger partial charge is 0.216 e. The van der Waals surface area contributed by atoms with Crippen molar-refractivity contribution < 1.29 is 4.74 Å². The Kier molecular flexibility index (Phi) is 3.93. The van der Waals surface area contributed by atoms with Crippen LogP contribution in [0.1, 0.15) is 5.56 Å². The minimum atomic E-state index is 0.637. The van der Waals surface area contributed by atoms with Crippen LogP contribution in [0.25, 0.3) is 10.8 Å². The predicted molar refractivity (Wildman–Crippen MR) is 90.6 cm³/mol. The van der Waals surface area contributed by atoms with Crippen LogP contribution in [-0.4, -0.2) is 17.2 Å². The van der Waals surface area contributed by atoms with Gasteiger partial charge in [-0.25, -0.2) is 0 Å². The van der Waals surface area contributed by atoms with E-state index in [0.29, 0.717) is 5.69 Å². The second-order valence-electron chi connectivity index (χ2n) is 4.69. The fraction of sp³-hybridized carbons (Fsp3) is 0.0556. The molecule has 21 heavy (non-hydrogen) atoms. The quantitative estimate of drug-likeness (QED) is 0.227. The summed E-state index contributed by atoms with van der Waals surface area (Å²) in [7, 11) is 0. The molecule has 3 aromatic carbocycles. The zero-order valence-electron chi connectivity index (χ0n) is 11.7. The third-order valence-corrected chi connectivity index (χ3v) is 4.20. The highest BCUT2D eigenvalue weighted by Crippen LogP contribution is 2.27. The third-order valence-electron chi connectivity index (χ3n) is 3.41. The van der Waals surface area contributed by atoms with E-state index in [1.165, 1.54) is 0 Å². The maximum absolute atomic E-state index is 12.4. The van der Waals surface area contributed by atoms with E-state index in [4.69, 9.17) is 0 Å². The molecule has 0 bridgehead atoms. The Bertz CT molecular complexity index is 797. The predicted octanol–water partition coefficient (Wildman–Crippen LogP) is 4.82. The van der Waals surface area contributed by atoms with E-state index in [1.807, 2.05) is 48.7 Å². The first-order valence-electron chi connectivity index (χ1n) is 6.71. The highest BCUT2D eigenvalue weighted by atomic mass is 32.2. The lowest BCUT2D eigenvalue weighted by Gasteiger charge is -2.08. The SMILES string of the molecule is CSc1ccc2ccccc2c1/C=[N+](/[O-])c1ccccc1. The molecule has 0 aliphatic heterocycles. The number of thioether (sulfide) groups is 1. The second-order valence-corrected chi connectivity index (χ2v) is 5.54. The van der Waals surface area contributed by atoms with E-state index < -0.39 is 0 Å². The van der Waals surface area contributed by atoms with Crippen molar-refractivity contribution in [1.29, 1.82) is 0 Å². The van der Waals surface area contributed by atoms with E-state index >= 15 is 0 Å². The largest absolute Gasteiger partial charge is 0.618 e. The summed E-state index contributed by atoms with van der Waals surface area (Å²) in [5.41, 5.74) is 1.61. The molecule has 3 heteroatoms. The van der Waals surface area contributed by atoms with Crippen LogP contribution in [0.15, 0.2) is 71.6 Å². The molecule has 2 nitrogen and oxygen atoms in total. The molecule has 0 amide bonds. The molecule has 0 fully saturated rings. The van der Waals surface area contributed by atoms with Crippen LogP contribution in [-0.2, 0) is 0 Å². The summed E-state index contributed by atoms with van der Waals surface area (Å²) < 4.78 is 0.932. The highest BCUT2D eigenvalue weighted by Gasteiger charge is 2.09. The molecule has 0 saturated carbocycles. The van der Waals surface area contributed by atoms with Gasteiger partial charge in [-0.2, -0.15) is 4.74 Å². The summed E-state index contributed by atoms with van der Waals surface area (Å²) in [6, 6.07) is 21.6. The Hall–Kier alpha value is -2.26. The number of fused-ring (bicyclic) bond motifs is 1. The fourth-order valence-electron chi connectivity index (χ4n) is 2.35. The van der Waals surface area contributed by atoms with E-state index in [1.54, 1.807) is 18.0 Å². The van der Waals surface area contributed by atoms with Crippen LogP contribution in [0.2, 0.25) is 0 Å². The zero-order valence-corrected chi connectivity index (χ0v) is 12.5. The molecule has 0 spiro atoms. The average molecular weight is 293 g/mol. The van der Waals surface area contributed by atoms with Gasteiger partial charge in [0.2, 0.25) is 5.69 Å². The normalized spacial score (nSPS) is 11.8. The van der Waals surface area contributed by atoms with E-state index in [2.05, 4.69) is 24.3 Å². The molecule has 0 aliphatic rings. The van der Waals surface area contributed by atoms with Crippen molar-refractivity contribution in [2.24, 2.45) is 0 Å². The molecule has 0 aromatic heterocycles. The molecule has 104 valence electrons. The van der Waals surface area contributed by atoms with Crippen molar-refractivity contribution in [3.8, 4) is 0 Å². The molecular formula is C18H15NOS. The van der Waals surface area contributed by atoms with Crippen molar-refractivity contribution in [1.82, 2.24) is 0 Å². The minimum Gasteiger partial charge on any atom is -0.618 e. The molecular weight excluding hydrogens is 278 g/mol. The number of para-hydroxylation sites is 1. The van der Waals surface area contributed by atoms with Gasteiger partial charge in [-0.3, -0.25) is 0 Å². The lowest BCUT2D eigenvalue weighted by Crippen LogP contribution is -2.00. The van der Waals surface area contributed by atoms with E-state index in [9.17, 15) is 5.21 Å². The lowest BCUT2D eigenvalue weighted by atomic mass is 10.1. The van der Waals surface area contributed by atoms with Crippen LogP contribution in [0.3, 0.4) is 0 Å². The molecule has 3 rings (SSSR count). The molecule has 3 aromatic rings. The lowest BCUT2D eigenvalue weighted by molar-refractivity contribution is -0.354. The number of benzene rings is 3. The first-order valence-corrected chi connectivity index (χ1v) is 7.94. The molecule has 0 saturated heterocycles. The number of nitrogens with zero attached hydrogens (tertiary/aromatic N) is 1. The van der Waals surface area contributed by atoms with Crippen LogP contribution in [0.4, 0.5) is 5.69 Å². The first-order chi connectivity index (χ1) is 10.3. The number of hydrogen-bond donors (Lipinski definition) is 0. The second kappa shape index (κ2) is 6.02. The summed E-state index contributed by atoms with van der Waals surface area (Å²) in [6.45, 7) is 0. The molecule has 0 heterocycles. The van der Waals surface area contributed by atoms with Gasteiger partial charge in [0.15, 0.2) is 6.21 Å². The molecule has 0 unspecified atom stereocenters. The molecule has 0 N–H and O–H groups in total. The van der Waals surface area contributed by atoms with E-state index in [-0.39, 0.29) is 0 Å². The van der Waals surface area contributed by atoms with E-state index in [0.717, 1.165) is 26.0 Å². The van der Waals surface area contributed by atoms with Gasteiger partial charge >= 0.3 is 0 Å². The van der Waals surface area contributed by atoms with Gasteiger partial charge in [-0.05, 0) is 23.1 Å². The van der Waals surface area contributed by atoms with Gasteiger partial charge < -0.3 is 5.21 Å². The molecule has 0 atom stereocenters. The first kappa shape index (κ1) is 13.7. The van der Waals surface area contributed by atoms with Crippen LogP contribution in [0, 0.1) is 5.21 Å². The average Bonchev–Trinajstić information content (AvgIpc) is 2.56. The van der Waals surface area contributed by atoms with Gasteiger partial charge in [-0.1, -0.05) is 48.5 Å². The Balaban J connectivity index is 2.19. The van der Waals surface area contributed by atoms with Crippen LogP contribution >= 0.6 is 11.8 Å². The van der Waals surface area contributed by atoms with Gasteiger partial charge in [0, 0.05) is 17.0 Å². The minimum absolute atomic E-state index is 0.637.